The van der Waals surface area contributed by atoms with E-state index < -0.39 is 11.4 Å². The highest BCUT2D eigenvalue weighted by Gasteiger charge is 2.42. The fourth-order valence-corrected chi connectivity index (χ4v) is 2.42. The van der Waals surface area contributed by atoms with Gasteiger partial charge >= 0.3 is 5.97 Å². The predicted octanol–water partition coefficient (Wildman–Crippen LogP) is 4.05. The molecule has 0 aliphatic carbocycles. The summed E-state index contributed by atoms with van der Waals surface area (Å²) < 4.78 is 0. The SMILES string of the molecule is CCCCC(CC)([C](CC)CC)C(=O)O. The quantitative estimate of drug-likeness (QED) is 0.660. The van der Waals surface area contributed by atoms with Crippen LogP contribution in [0.15, 0.2) is 0 Å². The topological polar surface area (TPSA) is 37.3 Å². The number of unbranched alkanes of at least 4 members (excludes halogenated alkanes) is 1. The molecular weight excluding hydrogens is 188 g/mol. The van der Waals surface area contributed by atoms with Crippen molar-refractivity contribution in [3.05, 3.63) is 5.92 Å². The van der Waals surface area contributed by atoms with Crippen molar-refractivity contribution in [2.24, 2.45) is 5.41 Å². The predicted molar refractivity (Wildman–Crippen MR) is 63.7 cm³/mol. The minimum atomic E-state index is -0.628. The standard InChI is InChI=1S/C13H25O2/c1-5-9-10-13(8-4,12(14)15)11(6-2)7-3/h5-10H2,1-4H3,(H,14,15). The molecule has 0 amide bonds. The zero-order valence-electron chi connectivity index (χ0n) is 10.6. The van der Waals surface area contributed by atoms with Crippen LogP contribution in [-0.2, 0) is 4.79 Å². The lowest BCUT2D eigenvalue weighted by Crippen LogP contribution is -2.36. The van der Waals surface area contributed by atoms with Gasteiger partial charge in [-0.1, -0.05) is 40.5 Å². The van der Waals surface area contributed by atoms with Crippen molar-refractivity contribution in [3.63, 3.8) is 0 Å². The molecule has 0 aromatic carbocycles. The van der Waals surface area contributed by atoms with E-state index >= 15 is 0 Å². The Morgan fingerprint density at radius 2 is 1.67 bits per heavy atom. The molecule has 15 heavy (non-hydrogen) atoms. The van der Waals surface area contributed by atoms with Gasteiger partial charge in [-0.25, -0.2) is 0 Å². The third-order valence-corrected chi connectivity index (χ3v) is 3.50. The molecule has 89 valence electrons. The number of carboxylic acids is 1. The summed E-state index contributed by atoms with van der Waals surface area (Å²) >= 11 is 0. The van der Waals surface area contributed by atoms with Crippen LogP contribution in [-0.4, -0.2) is 11.1 Å². The Hall–Kier alpha value is -0.530. The van der Waals surface area contributed by atoms with Crippen molar-refractivity contribution in [1.29, 1.82) is 0 Å². The van der Waals surface area contributed by atoms with Crippen LogP contribution >= 0.6 is 0 Å². The summed E-state index contributed by atoms with van der Waals surface area (Å²) in [4.78, 5) is 11.5. The highest BCUT2D eigenvalue weighted by atomic mass is 16.4. The first kappa shape index (κ1) is 14.5. The van der Waals surface area contributed by atoms with E-state index in [1.165, 1.54) is 5.92 Å². The van der Waals surface area contributed by atoms with E-state index in [2.05, 4.69) is 20.8 Å². The van der Waals surface area contributed by atoms with Gasteiger partial charge in [0.1, 0.15) is 0 Å². The van der Waals surface area contributed by atoms with Gasteiger partial charge in [0.25, 0.3) is 0 Å². The molecule has 1 N–H and O–H groups in total. The Kier molecular flexibility index (Phi) is 6.62. The monoisotopic (exact) mass is 213 g/mol. The van der Waals surface area contributed by atoms with Crippen LogP contribution < -0.4 is 0 Å². The molecule has 0 saturated heterocycles. The Morgan fingerprint density at radius 3 is 1.93 bits per heavy atom. The van der Waals surface area contributed by atoms with Gasteiger partial charge in [0.15, 0.2) is 0 Å². The highest BCUT2D eigenvalue weighted by Crippen LogP contribution is 2.42. The lowest BCUT2D eigenvalue weighted by Gasteiger charge is -2.35. The molecule has 2 heteroatoms. The average molecular weight is 213 g/mol. The molecule has 1 atom stereocenters. The van der Waals surface area contributed by atoms with E-state index in [1.54, 1.807) is 0 Å². The maximum Gasteiger partial charge on any atom is 0.310 e. The Morgan fingerprint density at radius 1 is 1.13 bits per heavy atom. The number of carbonyl (C=O) groups is 1. The zero-order valence-corrected chi connectivity index (χ0v) is 10.6. The average Bonchev–Trinajstić information content (AvgIpc) is 2.24. The minimum Gasteiger partial charge on any atom is -0.481 e. The van der Waals surface area contributed by atoms with Crippen LogP contribution in [0.25, 0.3) is 0 Å². The summed E-state index contributed by atoms with van der Waals surface area (Å²) in [7, 11) is 0. The number of carboxylic acid groups (broad SMARTS) is 1. The van der Waals surface area contributed by atoms with E-state index in [9.17, 15) is 9.90 Å². The first-order valence-corrected chi connectivity index (χ1v) is 6.17. The van der Waals surface area contributed by atoms with Crippen LogP contribution in [0.2, 0.25) is 0 Å². The van der Waals surface area contributed by atoms with Gasteiger partial charge in [0.05, 0.1) is 5.41 Å². The molecule has 1 unspecified atom stereocenters. The Balaban J connectivity index is 4.85. The molecule has 0 spiro atoms. The molecule has 0 aliphatic heterocycles. The molecule has 0 saturated carbocycles. The van der Waals surface area contributed by atoms with Crippen LogP contribution in [0, 0.1) is 11.3 Å². The normalized spacial score (nSPS) is 15.3. The van der Waals surface area contributed by atoms with Crippen molar-refractivity contribution in [2.45, 2.75) is 66.2 Å². The lowest BCUT2D eigenvalue weighted by molar-refractivity contribution is -0.149. The van der Waals surface area contributed by atoms with Crippen LogP contribution in [0.1, 0.15) is 66.2 Å². The summed E-state index contributed by atoms with van der Waals surface area (Å²) in [5.74, 6) is 0.572. The fourth-order valence-electron chi connectivity index (χ4n) is 2.42. The molecule has 2 nitrogen and oxygen atoms in total. The van der Waals surface area contributed by atoms with Gasteiger partial charge in [-0.2, -0.15) is 0 Å². The maximum absolute atomic E-state index is 11.5. The van der Waals surface area contributed by atoms with Crippen LogP contribution in [0.4, 0.5) is 0 Å². The van der Waals surface area contributed by atoms with Crippen molar-refractivity contribution in [1.82, 2.24) is 0 Å². The molecule has 1 radical (unpaired) electrons. The smallest absolute Gasteiger partial charge is 0.310 e. The summed E-state index contributed by atoms with van der Waals surface area (Å²) in [5.41, 5.74) is -0.556. The molecule has 0 rings (SSSR count). The van der Waals surface area contributed by atoms with Gasteiger partial charge in [0, 0.05) is 0 Å². The number of rotatable bonds is 8. The Labute approximate surface area is 94.1 Å². The third kappa shape index (κ3) is 3.22. The highest BCUT2D eigenvalue weighted by molar-refractivity contribution is 5.77. The van der Waals surface area contributed by atoms with E-state index in [0.29, 0.717) is 0 Å². The largest absolute Gasteiger partial charge is 0.481 e. The first-order chi connectivity index (χ1) is 7.08. The Bertz CT molecular complexity index is 185. The van der Waals surface area contributed by atoms with Crippen molar-refractivity contribution >= 4 is 5.97 Å². The second-order valence-electron chi connectivity index (χ2n) is 4.16. The molecule has 0 aromatic rings. The van der Waals surface area contributed by atoms with Crippen LogP contribution in [0.5, 0.6) is 0 Å². The molecule has 0 aromatic heterocycles. The second-order valence-corrected chi connectivity index (χ2v) is 4.16. The lowest BCUT2D eigenvalue weighted by atomic mass is 9.68. The van der Waals surface area contributed by atoms with E-state index in [0.717, 1.165) is 38.5 Å². The van der Waals surface area contributed by atoms with Crippen molar-refractivity contribution in [3.8, 4) is 0 Å². The summed E-state index contributed by atoms with van der Waals surface area (Å²) in [6.45, 7) is 8.24. The van der Waals surface area contributed by atoms with Gasteiger partial charge in [-0.05, 0) is 31.6 Å². The minimum absolute atomic E-state index is 0.556. The van der Waals surface area contributed by atoms with E-state index in [1.807, 2.05) is 6.92 Å². The number of hydrogen-bond acceptors (Lipinski definition) is 1. The fraction of sp³-hybridized carbons (Fsp3) is 0.846. The van der Waals surface area contributed by atoms with E-state index in [-0.39, 0.29) is 0 Å². The van der Waals surface area contributed by atoms with E-state index in [4.69, 9.17) is 0 Å². The molecule has 0 bridgehead atoms. The van der Waals surface area contributed by atoms with Gasteiger partial charge < -0.3 is 5.11 Å². The number of aliphatic carboxylic acids is 1. The zero-order chi connectivity index (χ0) is 11.9. The van der Waals surface area contributed by atoms with Crippen molar-refractivity contribution < 1.29 is 9.90 Å². The van der Waals surface area contributed by atoms with Gasteiger partial charge in [-0.15, -0.1) is 0 Å². The summed E-state index contributed by atoms with van der Waals surface area (Å²) in [6.07, 6.45) is 5.37. The second kappa shape index (κ2) is 6.86. The van der Waals surface area contributed by atoms with Gasteiger partial charge in [-0.3, -0.25) is 4.79 Å². The van der Waals surface area contributed by atoms with Crippen LogP contribution in [0.3, 0.4) is 0 Å². The third-order valence-electron chi connectivity index (χ3n) is 3.50. The molecule has 0 heterocycles. The maximum atomic E-state index is 11.5. The molecule has 0 fully saturated rings. The summed E-state index contributed by atoms with van der Waals surface area (Å²) in [6, 6.07) is 0. The van der Waals surface area contributed by atoms with Gasteiger partial charge in [0.2, 0.25) is 0 Å². The van der Waals surface area contributed by atoms with Crippen molar-refractivity contribution in [2.75, 3.05) is 0 Å². The summed E-state index contributed by atoms with van der Waals surface area (Å²) in [5, 5.41) is 9.46. The molecular formula is C13H25O2. The first-order valence-electron chi connectivity index (χ1n) is 6.17. The number of hydrogen-bond donors (Lipinski definition) is 1. The molecule has 0 aliphatic rings.